The smallest absolute Gasteiger partial charge is 0.274 e. The fourth-order valence-electron chi connectivity index (χ4n) is 2.69. The van der Waals surface area contributed by atoms with Crippen molar-refractivity contribution in [3.05, 3.63) is 59.0 Å². The Morgan fingerprint density at radius 3 is 2.91 bits per heavy atom. The van der Waals surface area contributed by atoms with Crippen LogP contribution in [-0.2, 0) is 0 Å². The lowest BCUT2D eigenvalue weighted by Crippen LogP contribution is -2.15. The number of hydrogen-bond donors (Lipinski definition) is 1. The molecule has 114 valence electrons. The van der Waals surface area contributed by atoms with Crippen molar-refractivity contribution in [2.45, 2.75) is 13.8 Å². The van der Waals surface area contributed by atoms with Gasteiger partial charge in [-0.15, -0.1) is 11.3 Å². The Kier molecular flexibility index (Phi) is 3.12. The number of benzene rings is 1. The molecule has 4 rings (SSSR count). The quantitative estimate of drug-likeness (QED) is 0.610. The zero-order valence-corrected chi connectivity index (χ0v) is 13.5. The van der Waals surface area contributed by atoms with E-state index in [0.717, 1.165) is 26.6 Å². The number of pyridine rings is 1. The van der Waals surface area contributed by atoms with Gasteiger partial charge in [0.25, 0.3) is 5.91 Å². The first kappa shape index (κ1) is 13.9. The number of anilines is 1. The molecule has 3 aromatic heterocycles. The molecule has 5 nitrogen and oxygen atoms in total. The van der Waals surface area contributed by atoms with Crippen molar-refractivity contribution >= 4 is 38.8 Å². The molecular weight excluding hydrogens is 308 g/mol. The number of nitrogens with zero attached hydrogens (tertiary/aromatic N) is 3. The van der Waals surface area contributed by atoms with Gasteiger partial charge in [0.15, 0.2) is 0 Å². The van der Waals surface area contributed by atoms with E-state index in [1.165, 1.54) is 0 Å². The summed E-state index contributed by atoms with van der Waals surface area (Å²) in [5, 5.41) is 3.97. The first-order valence-electron chi connectivity index (χ1n) is 7.24. The number of thiazole rings is 1. The molecule has 1 N–H and O–H groups in total. The van der Waals surface area contributed by atoms with E-state index in [2.05, 4.69) is 15.3 Å². The van der Waals surface area contributed by atoms with Gasteiger partial charge in [-0.25, -0.2) is 9.97 Å². The zero-order valence-electron chi connectivity index (χ0n) is 12.7. The molecule has 0 radical (unpaired) electrons. The van der Waals surface area contributed by atoms with E-state index in [9.17, 15) is 4.79 Å². The highest BCUT2D eigenvalue weighted by atomic mass is 32.1. The summed E-state index contributed by atoms with van der Waals surface area (Å²) in [4.78, 5) is 21.5. The van der Waals surface area contributed by atoms with Crippen molar-refractivity contribution in [2.24, 2.45) is 0 Å². The molecule has 6 heteroatoms. The Bertz CT molecular complexity index is 1050. The number of aryl methyl sites for hydroxylation is 2. The minimum Gasteiger partial charge on any atom is -0.321 e. The monoisotopic (exact) mass is 322 g/mol. The average molecular weight is 322 g/mol. The largest absolute Gasteiger partial charge is 0.321 e. The van der Waals surface area contributed by atoms with Gasteiger partial charge >= 0.3 is 0 Å². The van der Waals surface area contributed by atoms with E-state index in [1.54, 1.807) is 15.7 Å². The number of carbonyl (C=O) groups is 1. The SMILES string of the molecule is Cc1nc2ccc(NC(=O)c3c(C)nc4ccccn34)cc2s1. The molecule has 0 spiro atoms. The molecule has 0 fully saturated rings. The van der Waals surface area contributed by atoms with Gasteiger partial charge in [-0.2, -0.15) is 0 Å². The number of rotatable bonds is 2. The number of amides is 1. The van der Waals surface area contributed by atoms with Crippen LogP contribution < -0.4 is 5.32 Å². The third-order valence-corrected chi connectivity index (χ3v) is 4.61. The molecule has 0 saturated heterocycles. The molecule has 0 bridgehead atoms. The van der Waals surface area contributed by atoms with E-state index in [-0.39, 0.29) is 5.91 Å². The van der Waals surface area contributed by atoms with Crippen LogP contribution in [0.4, 0.5) is 5.69 Å². The lowest BCUT2D eigenvalue weighted by Gasteiger charge is -2.06. The minimum atomic E-state index is -0.165. The second-order valence-electron chi connectivity index (χ2n) is 5.34. The number of nitrogens with one attached hydrogen (secondary N) is 1. The van der Waals surface area contributed by atoms with Gasteiger partial charge in [-0.05, 0) is 44.2 Å². The van der Waals surface area contributed by atoms with Crippen LogP contribution >= 0.6 is 11.3 Å². The van der Waals surface area contributed by atoms with Gasteiger partial charge in [0.05, 0.1) is 20.9 Å². The molecule has 0 saturated carbocycles. The molecule has 0 atom stereocenters. The van der Waals surface area contributed by atoms with Crippen molar-refractivity contribution < 1.29 is 4.79 Å². The Morgan fingerprint density at radius 2 is 2.04 bits per heavy atom. The van der Waals surface area contributed by atoms with Gasteiger partial charge < -0.3 is 5.32 Å². The molecule has 1 aromatic carbocycles. The van der Waals surface area contributed by atoms with Gasteiger partial charge in [0, 0.05) is 11.9 Å². The van der Waals surface area contributed by atoms with Crippen molar-refractivity contribution in [3.63, 3.8) is 0 Å². The topological polar surface area (TPSA) is 59.3 Å². The van der Waals surface area contributed by atoms with Crippen LogP contribution in [0.15, 0.2) is 42.6 Å². The number of imidazole rings is 1. The Morgan fingerprint density at radius 1 is 1.17 bits per heavy atom. The maximum absolute atomic E-state index is 12.7. The van der Waals surface area contributed by atoms with Gasteiger partial charge in [-0.1, -0.05) is 6.07 Å². The normalized spacial score (nSPS) is 11.2. The molecule has 23 heavy (non-hydrogen) atoms. The molecule has 3 heterocycles. The Labute approximate surface area is 136 Å². The summed E-state index contributed by atoms with van der Waals surface area (Å²) in [5.74, 6) is -0.165. The van der Waals surface area contributed by atoms with Crippen molar-refractivity contribution in [3.8, 4) is 0 Å². The molecule has 0 unspecified atom stereocenters. The first-order valence-corrected chi connectivity index (χ1v) is 8.06. The third kappa shape index (κ3) is 2.37. The highest BCUT2D eigenvalue weighted by Crippen LogP contribution is 2.25. The molecule has 4 aromatic rings. The summed E-state index contributed by atoms with van der Waals surface area (Å²) >= 11 is 1.62. The molecular formula is C17H14N4OS. The van der Waals surface area contributed by atoms with Crippen LogP contribution in [0, 0.1) is 13.8 Å². The summed E-state index contributed by atoms with van der Waals surface area (Å²) in [6.45, 7) is 3.82. The molecule has 0 aliphatic carbocycles. The second-order valence-corrected chi connectivity index (χ2v) is 6.58. The van der Waals surface area contributed by atoms with E-state index in [1.807, 2.05) is 56.4 Å². The summed E-state index contributed by atoms with van der Waals surface area (Å²) in [5.41, 5.74) is 3.75. The van der Waals surface area contributed by atoms with Crippen LogP contribution in [-0.4, -0.2) is 20.3 Å². The van der Waals surface area contributed by atoms with E-state index >= 15 is 0 Å². The first-order chi connectivity index (χ1) is 11.1. The molecule has 0 aliphatic heterocycles. The Hall–Kier alpha value is -2.73. The molecule has 0 aliphatic rings. The fraction of sp³-hybridized carbons (Fsp3) is 0.118. The fourth-order valence-corrected chi connectivity index (χ4v) is 3.56. The van der Waals surface area contributed by atoms with Crippen molar-refractivity contribution in [1.29, 1.82) is 0 Å². The maximum atomic E-state index is 12.7. The van der Waals surface area contributed by atoms with Crippen LogP contribution in [0.25, 0.3) is 15.9 Å². The van der Waals surface area contributed by atoms with Crippen LogP contribution in [0.2, 0.25) is 0 Å². The minimum absolute atomic E-state index is 0.165. The van der Waals surface area contributed by atoms with Crippen LogP contribution in [0.3, 0.4) is 0 Å². The average Bonchev–Trinajstić information content (AvgIpc) is 3.04. The van der Waals surface area contributed by atoms with Crippen molar-refractivity contribution in [2.75, 3.05) is 5.32 Å². The summed E-state index contributed by atoms with van der Waals surface area (Å²) in [7, 11) is 0. The summed E-state index contributed by atoms with van der Waals surface area (Å²) in [6, 6.07) is 11.4. The van der Waals surface area contributed by atoms with Gasteiger partial charge in [-0.3, -0.25) is 9.20 Å². The lowest BCUT2D eigenvalue weighted by atomic mass is 10.2. The predicted octanol–water partition coefficient (Wildman–Crippen LogP) is 3.81. The zero-order chi connectivity index (χ0) is 16.0. The second kappa shape index (κ2) is 5.17. The maximum Gasteiger partial charge on any atom is 0.274 e. The van der Waals surface area contributed by atoms with E-state index in [4.69, 9.17) is 0 Å². The summed E-state index contributed by atoms with van der Waals surface area (Å²) in [6.07, 6.45) is 1.85. The number of fused-ring (bicyclic) bond motifs is 2. The third-order valence-electron chi connectivity index (χ3n) is 3.67. The number of aromatic nitrogens is 3. The van der Waals surface area contributed by atoms with Crippen molar-refractivity contribution in [1.82, 2.24) is 14.4 Å². The lowest BCUT2D eigenvalue weighted by molar-refractivity contribution is 0.102. The van der Waals surface area contributed by atoms with Gasteiger partial charge in [0.1, 0.15) is 11.3 Å². The predicted molar refractivity (Wildman–Crippen MR) is 92.2 cm³/mol. The van der Waals surface area contributed by atoms with Gasteiger partial charge in [0.2, 0.25) is 0 Å². The standard InChI is InChI=1S/C17H14N4OS/c1-10-16(21-8-4-3-5-15(21)18-10)17(22)20-12-6-7-13-14(9-12)23-11(2)19-13/h3-9H,1-2H3,(H,20,22). The summed E-state index contributed by atoms with van der Waals surface area (Å²) < 4.78 is 2.87. The number of carbonyl (C=O) groups excluding carboxylic acids is 1. The van der Waals surface area contributed by atoms with Crippen LogP contribution in [0.1, 0.15) is 21.2 Å². The van der Waals surface area contributed by atoms with E-state index < -0.39 is 0 Å². The highest BCUT2D eigenvalue weighted by Gasteiger charge is 2.16. The molecule has 1 amide bonds. The van der Waals surface area contributed by atoms with E-state index in [0.29, 0.717) is 11.4 Å². The Balaban J connectivity index is 1.71. The van der Waals surface area contributed by atoms with Crippen LogP contribution in [0.5, 0.6) is 0 Å². The number of hydrogen-bond acceptors (Lipinski definition) is 4. The highest BCUT2D eigenvalue weighted by molar-refractivity contribution is 7.18.